The van der Waals surface area contributed by atoms with E-state index in [0.717, 1.165) is 35.5 Å². The normalized spacial score (nSPS) is 22.5. The Labute approximate surface area is 178 Å². The van der Waals surface area contributed by atoms with Gasteiger partial charge in [0.2, 0.25) is 0 Å². The second-order valence-corrected chi connectivity index (χ2v) is 8.94. The van der Waals surface area contributed by atoms with Crippen molar-refractivity contribution in [2.45, 2.75) is 38.3 Å². The summed E-state index contributed by atoms with van der Waals surface area (Å²) in [6.45, 7) is 2.29. The third-order valence-electron chi connectivity index (χ3n) is 5.99. The average molecular weight is 424 g/mol. The number of ether oxygens (including phenoxy) is 1. The molecule has 1 atom stereocenters. The smallest absolute Gasteiger partial charge is 0.273 e. The van der Waals surface area contributed by atoms with Crippen LogP contribution >= 0.6 is 11.3 Å². The number of pyridine rings is 1. The highest BCUT2D eigenvalue weighted by atomic mass is 32.1. The third-order valence-corrected chi connectivity index (χ3v) is 6.80. The van der Waals surface area contributed by atoms with Gasteiger partial charge in [-0.3, -0.25) is 4.79 Å². The molecule has 3 aromatic rings. The Bertz CT molecular complexity index is 1050. The highest BCUT2D eigenvalue weighted by Crippen LogP contribution is 2.44. The van der Waals surface area contributed by atoms with Crippen LogP contribution in [0, 0.1) is 18.7 Å². The zero-order chi connectivity index (χ0) is 20.7. The number of piperidine rings is 2. The van der Waals surface area contributed by atoms with Gasteiger partial charge in [-0.15, -0.1) is 11.3 Å². The number of hydrogen-bond acceptors (Lipinski definition) is 5. The van der Waals surface area contributed by atoms with Gasteiger partial charge >= 0.3 is 0 Å². The predicted octanol–water partition coefficient (Wildman–Crippen LogP) is 4.72. The van der Waals surface area contributed by atoms with Crippen molar-refractivity contribution >= 4 is 17.2 Å². The third kappa shape index (κ3) is 3.58. The van der Waals surface area contributed by atoms with E-state index in [2.05, 4.69) is 9.97 Å². The molecule has 1 aromatic carbocycles. The Morgan fingerprint density at radius 1 is 1.20 bits per heavy atom. The molecule has 4 heterocycles. The molecule has 2 aliphatic heterocycles. The zero-order valence-electron chi connectivity index (χ0n) is 16.6. The molecule has 1 saturated carbocycles. The van der Waals surface area contributed by atoms with E-state index in [1.165, 1.54) is 23.5 Å². The highest BCUT2D eigenvalue weighted by Gasteiger charge is 2.47. The number of halogens is 1. The molecule has 2 aromatic heterocycles. The maximum atomic E-state index is 13.7. The molecule has 1 unspecified atom stereocenters. The Hall–Kier alpha value is -2.80. The minimum atomic E-state index is -0.293. The summed E-state index contributed by atoms with van der Waals surface area (Å²) >= 11 is 1.50. The van der Waals surface area contributed by atoms with Crippen LogP contribution in [0.3, 0.4) is 0 Å². The van der Waals surface area contributed by atoms with Crippen LogP contribution < -0.4 is 4.74 Å². The molecule has 0 radical (unpaired) electrons. The van der Waals surface area contributed by atoms with Gasteiger partial charge in [-0.05, 0) is 68.5 Å². The molecular formula is C23H22FN3O2S. The van der Waals surface area contributed by atoms with Crippen molar-refractivity contribution in [2.75, 3.05) is 6.61 Å². The SMILES string of the molecule is Cc1ccc(-c2nccs2)c(C(=O)N2C(COc3ccc(F)cc3)CC3CC2C3)n1. The van der Waals surface area contributed by atoms with E-state index >= 15 is 0 Å². The van der Waals surface area contributed by atoms with Crippen LogP contribution in [0.2, 0.25) is 0 Å². The van der Waals surface area contributed by atoms with E-state index in [0.29, 0.717) is 24.0 Å². The standard InChI is InChI=1S/C23H22FN3O2S/c1-14-2-7-20(22-25-8-9-30-22)21(26-14)23(28)27-17-10-15(11-17)12-18(27)13-29-19-5-3-16(24)4-6-19/h2-9,15,17-18H,10-13H2,1H3. The number of nitrogens with zero attached hydrogens (tertiary/aromatic N) is 3. The van der Waals surface area contributed by atoms with Crippen LogP contribution in [-0.2, 0) is 0 Å². The molecule has 6 rings (SSSR count). The van der Waals surface area contributed by atoms with Gasteiger partial charge in [0.05, 0.1) is 6.04 Å². The lowest BCUT2D eigenvalue weighted by molar-refractivity contribution is -0.0309. The first kappa shape index (κ1) is 19.2. The second kappa shape index (κ2) is 7.80. The maximum absolute atomic E-state index is 13.7. The van der Waals surface area contributed by atoms with Crippen molar-refractivity contribution in [3.05, 3.63) is 65.2 Å². The van der Waals surface area contributed by atoms with E-state index in [4.69, 9.17) is 4.74 Å². The summed E-state index contributed by atoms with van der Waals surface area (Å²) in [4.78, 5) is 24.7. The minimum absolute atomic E-state index is 0.0217. The van der Waals surface area contributed by atoms with Crippen molar-refractivity contribution in [3.63, 3.8) is 0 Å². The van der Waals surface area contributed by atoms with E-state index in [1.54, 1.807) is 18.3 Å². The molecule has 2 bridgehead atoms. The van der Waals surface area contributed by atoms with Gasteiger partial charge < -0.3 is 9.64 Å². The summed E-state index contributed by atoms with van der Waals surface area (Å²) < 4.78 is 19.1. The number of rotatable bonds is 5. The van der Waals surface area contributed by atoms with Crippen molar-refractivity contribution in [1.82, 2.24) is 14.9 Å². The molecule has 30 heavy (non-hydrogen) atoms. The van der Waals surface area contributed by atoms with Crippen molar-refractivity contribution in [2.24, 2.45) is 5.92 Å². The molecule has 5 nitrogen and oxygen atoms in total. The van der Waals surface area contributed by atoms with Crippen molar-refractivity contribution in [3.8, 4) is 16.3 Å². The Balaban J connectivity index is 1.42. The number of hydrogen-bond donors (Lipinski definition) is 0. The van der Waals surface area contributed by atoms with Crippen LogP contribution in [0.15, 0.2) is 48.0 Å². The summed E-state index contributed by atoms with van der Waals surface area (Å²) in [5, 5.41) is 2.70. The summed E-state index contributed by atoms with van der Waals surface area (Å²) in [5.74, 6) is 0.906. The molecule has 3 fully saturated rings. The first-order valence-electron chi connectivity index (χ1n) is 10.2. The summed E-state index contributed by atoms with van der Waals surface area (Å²) in [6.07, 6.45) is 4.74. The molecule has 0 N–H and O–H groups in total. The number of aryl methyl sites for hydroxylation is 1. The highest BCUT2D eigenvalue weighted by molar-refractivity contribution is 7.13. The Morgan fingerprint density at radius 3 is 2.73 bits per heavy atom. The number of carbonyl (C=O) groups is 1. The first-order chi connectivity index (χ1) is 14.6. The quantitative estimate of drug-likeness (QED) is 0.596. The molecule has 2 saturated heterocycles. The van der Waals surface area contributed by atoms with E-state index in [9.17, 15) is 9.18 Å². The van der Waals surface area contributed by atoms with Gasteiger partial charge in [0.1, 0.15) is 28.9 Å². The van der Waals surface area contributed by atoms with E-state index in [-0.39, 0.29) is 23.8 Å². The Morgan fingerprint density at radius 2 is 2.00 bits per heavy atom. The molecule has 1 aliphatic carbocycles. The number of amides is 1. The number of fused-ring (bicyclic) bond motifs is 2. The van der Waals surface area contributed by atoms with Gasteiger partial charge in [-0.2, -0.15) is 0 Å². The largest absolute Gasteiger partial charge is 0.491 e. The van der Waals surface area contributed by atoms with Crippen LogP contribution in [-0.4, -0.2) is 39.5 Å². The molecule has 0 spiro atoms. The Kier molecular flexibility index (Phi) is 4.98. The minimum Gasteiger partial charge on any atom is -0.491 e. The lowest BCUT2D eigenvalue weighted by Gasteiger charge is -2.53. The second-order valence-electron chi connectivity index (χ2n) is 8.04. The topological polar surface area (TPSA) is 55.3 Å². The lowest BCUT2D eigenvalue weighted by atomic mass is 9.70. The van der Waals surface area contributed by atoms with Crippen LogP contribution in [0.4, 0.5) is 4.39 Å². The van der Waals surface area contributed by atoms with Gasteiger partial charge in [-0.1, -0.05) is 0 Å². The molecule has 3 aliphatic rings. The van der Waals surface area contributed by atoms with Gasteiger partial charge in [0, 0.05) is 28.9 Å². The fourth-order valence-electron chi connectivity index (χ4n) is 4.49. The molecule has 1 amide bonds. The predicted molar refractivity (Wildman–Crippen MR) is 113 cm³/mol. The van der Waals surface area contributed by atoms with Crippen molar-refractivity contribution < 1.29 is 13.9 Å². The number of thiazole rings is 1. The molecule has 7 heteroatoms. The number of aromatic nitrogens is 2. The van der Waals surface area contributed by atoms with Crippen molar-refractivity contribution in [1.29, 1.82) is 0 Å². The molecule has 154 valence electrons. The van der Waals surface area contributed by atoms with Gasteiger partial charge in [-0.25, -0.2) is 14.4 Å². The monoisotopic (exact) mass is 423 g/mol. The lowest BCUT2D eigenvalue weighted by Crippen LogP contribution is -2.60. The van der Waals surface area contributed by atoms with Gasteiger partial charge in [0.15, 0.2) is 0 Å². The van der Waals surface area contributed by atoms with Crippen LogP contribution in [0.1, 0.15) is 35.4 Å². The first-order valence-corrected chi connectivity index (χ1v) is 11.0. The average Bonchev–Trinajstić information content (AvgIpc) is 3.26. The molecular weight excluding hydrogens is 401 g/mol. The summed E-state index contributed by atoms with van der Waals surface area (Å²) in [6, 6.07) is 10.1. The van der Waals surface area contributed by atoms with E-state index < -0.39 is 0 Å². The fourth-order valence-corrected chi connectivity index (χ4v) is 5.15. The zero-order valence-corrected chi connectivity index (χ0v) is 17.4. The fraction of sp³-hybridized carbons (Fsp3) is 0.348. The van der Waals surface area contributed by atoms with Crippen LogP contribution in [0.25, 0.3) is 10.6 Å². The van der Waals surface area contributed by atoms with Gasteiger partial charge in [0.25, 0.3) is 5.91 Å². The van der Waals surface area contributed by atoms with Crippen LogP contribution in [0.5, 0.6) is 5.75 Å². The summed E-state index contributed by atoms with van der Waals surface area (Å²) in [5.41, 5.74) is 2.04. The van der Waals surface area contributed by atoms with E-state index in [1.807, 2.05) is 29.3 Å². The maximum Gasteiger partial charge on any atom is 0.273 e. The number of benzene rings is 1. The number of carbonyl (C=O) groups excluding carboxylic acids is 1. The summed E-state index contributed by atoms with van der Waals surface area (Å²) in [7, 11) is 0.